The lowest BCUT2D eigenvalue weighted by molar-refractivity contribution is -0.132. The van der Waals surface area contributed by atoms with E-state index in [9.17, 15) is 4.79 Å². The number of aliphatic hydroxyl groups is 1. The molecule has 0 fully saturated rings. The standard InChI is InChI=1S/C14H20ClNO2/c1-3-4-13(14(18)16(2)9-10-17)11-5-7-12(15)8-6-11/h5-8,13,17H,3-4,9-10H2,1-2H3. The maximum absolute atomic E-state index is 12.3. The molecule has 1 aromatic rings. The SMILES string of the molecule is CCCC(C(=O)N(C)CCO)c1ccc(Cl)cc1. The van der Waals surface area contributed by atoms with Gasteiger partial charge in [-0.25, -0.2) is 0 Å². The number of carbonyl (C=O) groups is 1. The van der Waals surface area contributed by atoms with Crippen molar-refractivity contribution in [1.82, 2.24) is 4.90 Å². The van der Waals surface area contributed by atoms with Gasteiger partial charge in [0.1, 0.15) is 0 Å². The second kappa shape index (κ2) is 7.39. The summed E-state index contributed by atoms with van der Waals surface area (Å²) in [5, 5.41) is 9.56. The van der Waals surface area contributed by atoms with Crippen molar-refractivity contribution in [3.05, 3.63) is 34.9 Å². The van der Waals surface area contributed by atoms with Crippen LogP contribution >= 0.6 is 11.6 Å². The normalized spacial score (nSPS) is 12.2. The van der Waals surface area contributed by atoms with Gasteiger partial charge in [0.05, 0.1) is 12.5 Å². The number of hydrogen-bond acceptors (Lipinski definition) is 2. The molecule has 1 aromatic carbocycles. The fourth-order valence-electron chi connectivity index (χ4n) is 1.94. The minimum absolute atomic E-state index is 0.0122. The molecule has 0 aliphatic carbocycles. The maximum atomic E-state index is 12.3. The third-order valence-electron chi connectivity index (χ3n) is 2.96. The van der Waals surface area contributed by atoms with Gasteiger partial charge in [-0.1, -0.05) is 37.1 Å². The molecule has 0 aromatic heterocycles. The van der Waals surface area contributed by atoms with E-state index < -0.39 is 0 Å². The first kappa shape index (κ1) is 15.0. The lowest BCUT2D eigenvalue weighted by atomic mass is 9.93. The van der Waals surface area contributed by atoms with Crippen LogP contribution < -0.4 is 0 Å². The van der Waals surface area contributed by atoms with Gasteiger partial charge in [-0.15, -0.1) is 0 Å². The number of likely N-dealkylation sites (N-methyl/N-ethyl adjacent to an activating group) is 1. The van der Waals surface area contributed by atoms with Gasteiger partial charge in [0.25, 0.3) is 0 Å². The van der Waals surface area contributed by atoms with Crippen LogP contribution in [0.4, 0.5) is 0 Å². The zero-order valence-electron chi connectivity index (χ0n) is 10.9. The number of hydrogen-bond donors (Lipinski definition) is 1. The summed E-state index contributed by atoms with van der Waals surface area (Å²) in [4.78, 5) is 13.9. The van der Waals surface area contributed by atoms with Crippen LogP contribution in [-0.4, -0.2) is 36.1 Å². The van der Waals surface area contributed by atoms with E-state index in [0.29, 0.717) is 11.6 Å². The first-order valence-corrected chi connectivity index (χ1v) is 6.59. The molecule has 3 nitrogen and oxygen atoms in total. The second-order valence-corrected chi connectivity index (χ2v) is 4.81. The smallest absolute Gasteiger partial charge is 0.229 e. The summed E-state index contributed by atoms with van der Waals surface area (Å²) in [6, 6.07) is 7.40. The van der Waals surface area contributed by atoms with Crippen molar-refractivity contribution in [1.29, 1.82) is 0 Å². The van der Waals surface area contributed by atoms with Gasteiger partial charge in [0, 0.05) is 18.6 Å². The van der Waals surface area contributed by atoms with Crippen LogP contribution in [0.5, 0.6) is 0 Å². The lowest BCUT2D eigenvalue weighted by Gasteiger charge is -2.23. The van der Waals surface area contributed by atoms with Crippen LogP contribution in [0.25, 0.3) is 0 Å². The number of halogens is 1. The van der Waals surface area contributed by atoms with Gasteiger partial charge in [0.2, 0.25) is 5.91 Å². The van der Waals surface area contributed by atoms with Crippen molar-refractivity contribution in [2.75, 3.05) is 20.2 Å². The Balaban J connectivity index is 2.87. The number of nitrogens with zero attached hydrogens (tertiary/aromatic N) is 1. The molecule has 0 saturated heterocycles. The molecular weight excluding hydrogens is 250 g/mol. The van der Waals surface area contributed by atoms with Gasteiger partial charge in [-0.05, 0) is 24.1 Å². The molecule has 0 saturated carbocycles. The maximum Gasteiger partial charge on any atom is 0.229 e. The highest BCUT2D eigenvalue weighted by atomic mass is 35.5. The highest BCUT2D eigenvalue weighted by molar-refractivity contribution is 6.30. The molecule has 0 heterocycles. The minimum Gasteiger partial charge on any atom is -0.395 e. The van der Waals surface area contributed by atoms with Gasteiger partial charge in [-0.3, -0.25) is 4.79 Å². The van der Waals surface area contributed by atoms with Crippen molar-refractivity contribution in [3.8, 4) is 0 Å². The van der Waals surface area contributed by atoms with E-state index in [1.54, 1.807) is 24.1 Å². The predicted molar refractivity (Wildman–Crippen MR) is 73.8 cm³/mol. The molecule has 0 aliphatic heterocycles. The van der Waals surface area contributed by atoms with Crippen molar-refractivity contribution in [2.45, 2.75) is 25.7 Å². The zero-order chi connectivity index (χ0) is 13.5. The van der Waals surface area contributed by atoms with Crippen LogP contribution in [0.2, 0.25) is 5.02 Å². The summed E-state index contributed by atoms with van der Waals surface area (Å²) in [6.07, 6.45) is 1.74. The van der Waals surface area contributed by atoms with Crippen LogP contribution in [0, 0.1) is 0 Å². The molecule has 0 radical (unpaired) electrons. The Morgan fingerprint density at radius 1 is 1.39 bits per heavy atom. The zero-order valence-corrected chi connectivity index (χ0v) is 11.7. The van der Waals surface area contributed by atoms with Crippen molar-refractivity contribution >= 4 is 17.5 Å². The highest BCUT2D eigenvalue weighted by Crippen LogP contribution is 2.24. The van der Waals surface area contributed by atoms with E-state index in [1.165, 1.54) is 0 Å². The molecule has 1 atom stereocenters. The average molecular weight is 270 g/mol. The molecule has 18 heavy (non-hydrogen) atoms. The average Bonchev–Trinajstić information content (AvgIpc) is 2.37. The number of aliphatic hydroxyl groups excluding tert-OH is 1. The Hall–Kier alpha value is -1.06. The molecule has 0 spiro atoms. The fourth-order valence-corrected chi connectivity index (χ4v) is 2.07. The summed E-state index contributed by atoms with van der Waals surface area (Å²) in [5.74, 6) is -0.1000. The molecule has 1 rings (SSSR count). The van der Waals surface area contributed by atoms with E-state index in [1.807, 2.05) is 12.1 Å². The Kier molecular flexibility index (Phi) is 6.16. The number of carbonyl (C=O) groups excluding carboxylic acids is 1. The van der Waals surface area contributed by atoms with Crippen molar-refractivity contribution in [2.24, 2.45) is 0 Å². The first-order valence-electron chi connectivity index (χ1n) is 6.21. The molecular formula is C14H20ClNO2. The number of rotatable bonds is 6. The molecule has 1 amide bonds. The fraction of sp³-hybridized carbons (Fsp3) is 0.500. The van der Waals surface area contributed by atoms with E-state index >= 15 is 0 Å². The van der Waals surface area contributed by atoms with Crippen molar-refractivity contribution < 1.29 is 9.90 Å². The van der Waals surface area contributed by atoms with Gasteiger partial charge in [0.15, 0.2) is 0 Å². The minimum atomic E-state index is -0.149. The molecule has 4 heteroatoms. The Morgan fingerprint density at radius 2 is 2.00 bits per heavy atom. The molecule has 0 aliphatic rings. The third-order valence-corrected chi connectivity index (χ3v) is 3.21. The van der Waals surface area contributed by atoms with Crippen LogP contribution in [0.1, 0.15) is 31.2 Å². The van der Waals surface area contributed by atoms with Gasteiger partial charge >= 0.3 is 0 Å². The molecule has 100 valence electrons. The summed E-state index contributed by atoms with van der Waals surface area (Å²) >= 11 is 5.86. The van der Waals surface area contributed by atoms with Crippen LogP contribution in [0.3, 0.4) is 0 Å². The van der Waals surface area contributed by atoms with E-state index in [-0.39, 0.29) is 18.4 Å². The number of amides is 1. The van der Waals surface area contributed by atoms with Crippen LogP contribution in [-0.2, 0) is 4.79 Å². The summed E-state index contributed by atoms with van der Waals surface area (Å²) in [7, 11) is 1.72. The molecule has 1 unspecified atom stereocenters. The summed E-state index contributed by atoms with van der Waals surface area (Å²) < 4.78 is 0. The van der Waals surface area contributed by atoms with Crippen molar-refractivity contribution in [3.63, 3.8) is 0 Å². The Morgan fingerprint density at radius 3 is 2.50 bits per heavy atom. The second-order valence-electron chi connectivity index (χ2n) is 4.38. The first-order chi connectivity index (χ1) is 8.60. The highest BCUT2D eigenvalue weighted by Gasteiger charge is 2.22. The number of benzene rings is 1. The molecule has 1 N–H and O–H groups in total. The quantitative estimate of drug-likeness (QED) is 0.863. The van der Waals surface area contributed by atoms with E-state index in [0.717, 1.165) is 18.4 Å². The predicted octanol–water partition coefficient (Wildman–Crippen LogP) is 2.67. The van der Waals surface area contributed by atoms with Crippen LogP contribution in [0.15, 0.2) is 24.3 Å². The topological polar surface area (TPSA) is 40.5 Å². The van der Waals surface area contributed by atoms with Gasteiger partial charge in [-0.2, -0.15) is 0 Å². The third kappa shape index (κ3) is 4.00. The van der Waals surface area contributed by atoms with E-state index in [4.69, 9.17) is 16.7 Å². The van der Waals surface area contributed by atoms with Gasteiger partial charge < -0.3 is 10.0 Å². The molecule has 0 bridgehead atoms. The largest absolute Gasteiger partial charge is 0.395 e. The summed E-state index contributed by atoms with van der Waals surface area (Å²) in [5.41, 5.74) is 0.982. The van der Waals surface area contributed by atoms with E-state index in [2.05, 4.69) is 6.92 Å². The summed E-state index contributed by atoms with van der Waals surface area (Å²) in [6.45, 7) is 2.41. The lowest BCUT2D eigenvalue weighted by Crippen LogP contribution is -2.33. The Labute approximate surface area is 113 Å². The monoisotopic (exact) mass is 269 g/mol. The Bertz CT molecular complexity index is 378.